The van der Waals surface area contributed by atoms with Crippen LogP contribution in [0.1, 0.15) is 23.6 Å². The Bertz CT molecular complexity index is 1140. The summed E-state index contributed by atoms with van der Waals surface area (Å²) in [5.74, 6) is 0.179. The third kappa shape index (κ3) is 3.56. The third-order valence-electron chi connectivity index (χ3n) is 4.12. The molecule has 0 radical (unpaired) electrons. The number of aryl methyl sites for hydroxylation is 1. The molecule has 142 valence electrons. The van der Waals surface area contributed by atoms with Gasteiger partial charge in [0.15, 0.2) is 5.82 Å². The molecule has 0 aliphatic heterocycles. The minimum Gasteiger partial charge on any atom is -0.440 e. The highest BCUT2D eigenvalue weighted by molar-refractivity contribution is 7.17. The molecule has 0 aliphatic carbocycles. The molecule has 1 unspecified atom stereocenters. The number of benzene rings is 1. The predicted octanol–water partition coefficient (Wildman–Crippen LogP) is 4.61. The molecule has 0 saturated carbocycles. The highest BCUT2D eigenvalue weighted by atomic mass is 32.1. The highest BCUT2D eigenvalue weighted by Crippen LogP contribution is 2.31. The van der Waals surface area contributed by atoms with Gasteiger partial charge >= 0.3 is 6.09 Å². The number of aromatic nitrogens is 4. The zero-order valence-corrected chi connectivity index (χ0v) is 15.9. The highest BCUT2D eigenvalue weighted by Gasteiger charge is 2.21. The summed E-state index contributed by atoms with van der Waals surface area (Å²) in [4.78, 5) is 22.2. The number of rotatable bonds is 4. The smallest absolute Gasteiger partial charge is 0.412 e. The van der Waals surface area contributed by atoms with Crippen LogP contribution in [0.4, 0.5) is 14.9 Å². The van der Waals surface area contributed by atoms with Crippen LogP contribution in [0.2, 0.25) is 0 Å². The van der Waals surface area contributed by atoms with E-state index < -0.39 is 18.0 Å². The Kier molecular flexibility index (Phi) is 4.74. The van der Waals surface area contributed by atoms with Crippen LogP contribution in [0.25, 0.3) is 16.3 Å². The van der Waals surface area contributed by atoms with Gasteiger partial charge in [0.05, 0.1) is 10.6 Å². The van der Waals surface area contributed by atoms with E-state index in [-0.39, 0.29) is 0 Å². The van der Waals surface area contributed by atoms with E-state index in [4.69, 9.17) is 4.74 Å². The maximum absolute atomic E-state index is 13.2. The molecular weight excluding hydrogens is 381 g/mol. The standard InChI is InChI=1S/C19H16FN5O2S/c1-11-16(12(2)27-19(26)22-15-5-3-4-14(20)10-15)28-18-23-17(24-25(11)18)13-6-8-21-9-7-13/h3-10,12H,1-2H3,(H,22,26). The lowest BCUT2D eigenvalue weighted by Gasteiger charge is -2.13. The predicted molar refractivity (Wildman–Crippen MR) is 104 cm³/mol. The number of ether oxygens (including phenoxy) is 1. The first-order chi connectivity index (χ1) is 13.5. The maximum Gasteiger partial charge on any atom is 0.412 e. The summed E-state index contributed by atoms with van der Waals surface area (Å²) in [6, 6.07) is 9.32. The number of halogens is 1. The van der Waals surface area contributed by atoms with Crippen molar-refractivity contribution in [3.8, 4) is 11.4 Å². The summed E-state index contributed by atoms with van der Waals surface area (Å²) in [7, 11) is 0. The number of pyridine rings is 1. The first-order valence-corrected chi connectivity index (χ1v) is 9.32. The number of nitrogens with zero attached hydrogens (tertiary/aromatic N) is 4. The minimum absolute atomic E-state index is 0.332. The first kappa shape index (κ1) is 18.1. The van der Waals surface area contributed by atoms with E-state index in [2.05, 4.69) is 20.4 Å². The van der Waals surface area contributed by atoms with Gasteiger partial charge in [0, 0.05) is 23.6 Å². The van der Waals surface area contributed by atoms with Crippen LogP contribution in [-0.4, -0.2) is 25.7 Å². The van der Waals surface area contributed by atoms with E-state index >= 15 is 0 Å². The Hall–Kier alpha value is -3.33. The number of carbonyl (C=O) groups is 1. The molecule has 3 aromatic heterocycles. The Balaban J connectivity index is 1.51. The molecule has 0 fully saturated rings. The molecule has 4 rings (SSSR count). The van der Waals surface area contributed by atoms with Gasteiger partial charge in [-0.1, -0.05) is 17.4 Å². The molecule has 4 aromatic rings. The van der Waals surface area contributed by atoms with E-state index in [1.165, 1.54) is 29.5 Å². The van der Waals surface area contributed by atoms with Gasteiger partial charge in [0.2, 0.25) is 4.96 Å². The number of thiazole rings is 1. The molecule has 1 amide bonds. The molecule has 1 N–H and O–H groups in total. The van der Waals surface area contributed by atoms with E-state index in [1.807, 2.05) is 19.1 Å². The van der Waals surface area contributed by atoms with Gasteiger partial charge in [-0.3, -0.25) is 10.3 Å². The second-order valence-electron chi connectivity index (χ2n) is 6.10. The van der Waals surface area contributed by atoms with Crippen molar-refractivity contribution < 1.29 is 13.9 Å². The number of amides is 1. The average Bonchev–Trinajstić information content (AvgIpc) is 3.22. The van der Waals surface area contributed by atoms with Crippen LogP contribution in [0.15, 0.2) is 48.8 Å². The van der Waals surface area contributed by atoms with Crippen LogP contribution < -0.4 is 5.32 Å². The van der Waals surface area contributed by atoms with Crippen molar-refractivity contribution >= 4 is 28.1 Å². The second kappa shape index (κ2) is 7.35. The molecular formula is C19H16FN5O2S. The zero-order valence-electron chi connectivity index (χ0n) is 15.1. The van der Waals surface area contributed by atoms with Crippen LogP contribution in [0.3, 0.4) is 0 Å². The number of hydrogen-bond donors (Lipinski definition) is 1. The summed E-state index contributed by atoms with van der Waals surface area (Å²) in [5, 5.41) is 7.05. The van der Waals surface area contributed by atoms with E-state index in [0.29, 0.717) is 16.5 Å². The van der Waals surface area contributed by atoms with Gasteiger partial charge in [-0.25, -0.2) is 13.7 Å². The van der Waals surface area contributed by atoms with Crippen molar-refractivity contribution in [1.29, 1.82) is 0 Å². The second-order valence-corrected chi connectivity index (χ2v) is 7.11. The lowest BCUT2D eigenvalue weighted by molar-refractivity contribution is 0.122. The topological polar surface area (TPSA) is 81.4 Å². The minimum atomic E-state index is -0.658. The Labute approximate surface area is 163 Å². The fourth-order valence-corrected chi connectivity index (χ4v) is 3.83. The van der Waals surface area contributed by atoms with Gasteiger partial charge in [-0.05, 0) is 44.2 Å². The van der Waals surface area contributed by atoms with Crippen molar-refractivity contribution in [2.75, 3.05) is 5.32 Å². The average molecular weight is 397 g/mol. The summed E-state index contributed by atoms with van der Waals surface area (Å²) >= 11 is 1.41. The van der Waals surface area contributed by atoms with Gasteiger partial charge in [-0.15, -0.1) is 5.10 Å². The number of carbonyl (C=O) groups excluding carboxylic acids is 1. The fraction of sp³-hybridized carbons (Fsp3) is 0.158. The number of fused-ring (bicyclic) bond motifs is 1. The van der Waals surface area contributed by atoms with Gasteiger partial charge in [-0.2, -0.15) is 4.98 Å². The fourth-order valence-electron chi connectivity index (χ4n) is 2.79. The lowest BCUT2D eigenvalue weighted by Crippen LogP contribution is -2.16. The van der Waals surface area contributed by atoms with Crippen molar-refractivity contribution in [3.05, 3.63) is 65.2 Å². The largest absolute Gasteiger partial charge is 0.440 e. The maximum atomic E-state index is 13.2. The number of nitrogens with one attached hydrogen (secondary N) is 1. The molecule has 0 saturated heterocycles. The Morgan fingerprint density at radius 2 is 2.07 bits per heavy atom. The Morgan fingerprint density at radius 1 is 1.29 bits per heavy atom. The summed E-state index contributed by atoms with van der Waals surface area (Å²) in [6.45, 7) is 3.67. The molecule has 0 bridgehead atoms. The zero-order chi connectivity index (χ0) is 19.7. The molecule has 1 atom stereocenters. The molecule has 9 heteroatoms. The molecule has 0 spiro atoms. The van der Waals surface area contributed by atoms with E-state index in [0.717, 1.165) is 16.1 Å². The van der Waals surface area contributed by atoms with Crippen molar-refractivity contribution in [2.24, 2.45) is 0 Å². The first-order valence-electron chi connectivity index (χ1n) is 8.51. The summed E-state index contributed by atoms with van der Waals surface area (Å²) < 4.78 is 20.4. The number of anilines is 1. The quantitative estimate of drug-likeness (QED) is 0.544. The van der Waals surface area contributed by atoms with Crippen LogP contribution in [0.5, 0.6) is 0 Å². The molecule has 1 aromatic carbocycles. The van der Waals surface area contributed by atoms with E-state index in [9.17, 15) is 9.18 Å². The lowest BCUT2D eigenvalue weighted by atomic mass is 10.3. The van der Waals surface area contributed by atoms with Gasteiger partial charge in [0.25, 0.3) is 0 Å². The summed E-state index contributed by atoms with van der Waals surface area (Å²) in [6.07, 6.45) is 2.21. The molecule has 7 nitrogen and oxygen atoms in total. The molecule has 3 heterocycles. The SMILES string of the molecule is Cc1c(C(C)OC(=O)Nc2cccc(F)c2)sc2nc(-c3ccncc3)nn12. The van der Waals surface area contributed by atoms with Crippen LogP contribution >= 0.6 is 11.3 Å². The Morgan fingerprint density at radius 3 is 2.79 bits per heavy atom. The van der Waals surface area contributed by atoms with Gasteiger partial charge in [0.1, 0.15) is 11.9 Å². The van der Waals surface area contributed by atoms with E-state index in [1.54, 1.807) is 29.9 Å². The van der Waals surface area contributed by atoms with Crippen LogP contribution in [-0.2, 0) is 4.74 Å². The van der Waals surface area contributed by atoms with Crippen molar-refractivity contribution in [1.82, 2.24) is 19.6 Å². The molecule has 0 aliphatic rings. The van der Waals surface area contributed by atoms with Gasteiger partial charge < -0.3 is 4.74 Å². The van der Waals surface area contributed by atoms with Crippen molar-refractivity contribution in [3.63, 3.8) is 0 Å². The van der Waals surface area contributed by atoms with Crippen molar-refractivity contribution in [2.45, 2.75) is 20.0 Å². The monoisotopic (exact) mass is 397 g/mol. The number of hydrogen-bond acceptors (Lipinski definition) is 6. The summed E-state index contributed by atoms with van der Waals surface area (Å²) in [5.41, 5.74) is 2.06. The molecule has 28 heavy (non-hydrogen) atoms. The normalized spacial score (nSPS) is 12.1. The third-order valence-corrected chi connectivity index (χ3v) is 5.41. The van der Waals surface area contributed by atoms with Crippen LogP contribution in [0, 0.1) is 12.7 Å².